The number of nitrogens with one attached hydrogen (secondary N) is 1. The molecule has 1 N–H and O–H groups in total. The first kappa shape index (κ1) is 22.2. The lowest BCUT2D eigenvalue weighted by atomic mass is 10.1. The summed E-state index contributed by atoms with van der Waals surface area (Å²) >= 11 is 0. The van der Waals surface area contributed by atoms with Gasteiger partial charge in [0.15, 0.2) is 6.10 Å². The van der Waals surface area contributed by atoms with E-state index >= 15 is 0 Å². The molecule has 2 aromatic carbocycles. The van der Waals surface area contributed by atoms with Gasteiger partial charge >= 0.3 is 5.97 Å². The lowest BCUT2D eigenvalue weighted by Crippen LogP contribution is -2.37. The maximum absolute atomic E-state index is 12.7. The van der Waals surface area contributed by atoms with Gasteiger partial charge < -0.3 is 10.1 Å². The number of nitrogens with zero attached hydrogens (tertiary/aromatic N) is 1. The maximum Gasteiger partial charge on any atom is 0.338 e. The fraction of sp³-hybridized carbons (Fsp3) is 0.333. The normalized spacial score (nSPS) is 14.8. The Morgan fingerprint density at radius 3 is 2.23 bits per heavy atom. The van der Waals surface area contributed by atoms with E-state index in [9.17, 15) is 19.2 Å². The summed E-state index contributed by atoms with van der Waals surface area (Å²) in [6.45, 7) is 7.20. The van der Waals surface area contributed by atoms with E-state index in [0.29, 0.717) is 12.1 Å². The van der Waals surface area contributed by atoms with Crippen LogP contribution in [0.2, 0.25) is 0 Å². The minimum Gasteiger partial charge on any atom is -0.449 e. The number of aryl methyl sites for hydroxylation is 1. The van der Waals surface area contributed by atoms with Gasteiger partial charge in [0, 0.05) is 11.7 Å². The van der Waals surface area contributed by atoms with Crippen LogP contribution in [0, 0.1) is 0 Å². The van der Waals surface area contributed by atoms with Crippen LogP contribution in [0.25, 0.3) is 0 Å². The average Bonchev–Trinajstić information content (AvgIpc) is 3.03. The number of ether oxygens (including phenoxy) is 1. The monoisotopic (exact) mass is 422 g/mol. The molecule has 0 aromatic heterocycles. The molecule has 7 heteroatoms. The Balaban J connectivity index is 1.68. The predicted molar refractivity (Wildman–Crippen MR) is 116 cm³/mol. The van der Waals surface area contributed by atoms with Crippen LogP contribution in [0.4, 0.5) is 5.69 Å². The van der Waals surface area contributed by atoms with Gasteiger partial charge in [-0.2, -0.15) is 0 Å². The van der Waals surface area contributed by atoms with Crippen LogP contribution >= 0.6 is 0 Å². The molecule has 1 heterocycles. The van der Waals surface area contributed by atoms with Gasteiger partial charge in [-0.15, -0.1) is 0 Å². The molecule has 2 aromatic rings. The van der Waals surface area contributed by atoms with Crippen molar-refractivity contribution in [3.8, 4) is 0 Å². The number of carbonyl (C=O) groups excluding carboxylic acids is 4. The van der Waals surface area contributed by atoms with E-state index < -0.39 is 23.9 Å². The molecule has 162 valence electrons. The van der Waals surface area contributed by atoms with Gasteiger partial charge in [0.1, 0.15) is 0 Å². The summed E-state index contributed by atoms with van der Waals surface area (Å²) in [4.78, 5) is 51.3. The first-order valence-corrected chi connectivity index (χ1v) is 10.4. The molecule has 0 spiro atoms. The quantitative estimate of drug-likeness (QED) is 0.541. The third-order valence-electron chi connectivity index (χ3n) is 5.47. The van der Waals surface area contributed by atoms with Crippen LogP contribution in [-0.4, -0.2) is 40.7 Å². The fourth-order valence-electron chi connectivity index (χ4n) is 3.32. The molecule has 0 saturated carbocycles. The first-order valence-electron chi connectivity index (χ1n) is 10.4. The fourth-order valence-corrected chi connectivity index (χ4v) is 3.32. The van der Waals surface area contributed by atoms with E-state index in [2.05, 4.69) is 5.32 Å². The van der Waals surface area contributed by atoms with Crippen LogP contribution in [-0.2, 0) is 16.0 Å². The Bertz CT molecular complexity index is 1030. The summed E-state index contributed by atoms with van der Waals surface area (Å²) in [5.41, 5.74) is 2.31. The summed E-state index contributed by atoms with van der Waals surface area (Å²) < 4.78 is 5.27. The van der Waals surface area contributed by atoms with E-state index in [4.69, 9.17) is 4.74 Å². The Hall–Kier alpha value is -3.48. The molecule has 0 bridgehead atoms. The summed E-state index contributed by atoms with van der Waals surface area (Å²) in [6, 6.07) is 11.4. The Kier molecular flexibility index (Phi) is 6.53. The number of benzene rings is 2. The van der Waals surface area contributed by atoms with Gasteiger partial charge in [-0.1, -0.05) is 26.0 Å². The number of carbonyl (C=O) groups is 4. The summed E-state index contributed by atoms with van der Waals surface area (Å²) in [7, 11) is 0. The minimum atomic E-state index is -1.04. The average molecular weight is 422 g/mol. The number of esters is 1. The molecular weight excluding hydrogens is 396 g/mol. The predicted octanol–water partition coefficient (Wildman–Crippen LogP) is 3.83. The molecule has 7 nitrogen and oxygen atoms in total. The smallest absolute Gasteiger partial charge is 0.338 e. The largest absolute Gasteiger partial charge is 0.449 e. The van der Waals surface area contributed by atoms with Crippen molar-refractivity contribution in [1.82, 2.24) is 4.90 Å². The van der Waals surface area contributed by atoms with Gasteiger partial charge in [0.05, 0.1) is 16.7 Å². The van der Waals surface area contributed by atoms with Crippen molar-refractivity contribution in [3.05, 3.63) is 64.7 Å². The second kappa shape index (κ2) is 9.12. The van der Waals surface area contributed by atoms with E-state index in [1.807, 2.05) is 26.0 Å². The van der Waals surface area contributed by atoms with Crippen molar-refractivity contribution in [2.75, 3.05) is 5.32 Å². The van der Waals surface area contributed by atoms with Gasteiger partial charge in [0.25, 0.3) is 17.7 Å². The SMILES string of the molecule is CCc1ccc(NC(=O)[C@H](C)OC(=O)c2ccc3c(c2)C(=O)N([C@@H](C)CC)C3=O)cc1. The van der Waals surface area contributed by atoms with Crippen molar-refractivity contribution in [2.45, 2.75) is 52.7 Å². The van der Waals surface area contributed by atoms with Crippen LogP contribution in [0.1, 0.15) is 70.8 Å². The highest BCUT2D eigenvalue weighted by Gasteiger charge is 2.38. The number of amides is 3. The zero-order valence-corrected chi connectivity index (χ0v) is 18.1. The van der Waals surface area contributed by atoms with E-state index in [0.717, 1.165) is 12.0 Å². The molecule has 0 fully saturated rings. The highest BCUT2D eigenvalue weighted by Crippen LogP contribution is 2.27. The standard InChI is InChI=1S/C24H26N2O5/c1-5-14(3)26-22(28)19-12-9-17(13-20(19)23(26)29)24(30)31-15(4)21(27)25-18-10-7-16(6-2)8-11-18/h7-15H,5-6H2,1-4H3,(H,25,27)/t14-,15-/m0/s1. The van der Waals surface area contributed by atoms with E-state index in [-0.39, 0.29) is 28.6 Å². The lowest BCUT2D eigenvalue weighted by molar-refractivity contribution is -0.123. The molecule has 0 aliphatic carbocycles. The summed E-state index contributed by atoms with van der Waals surface area (Å²) in [6.07, 6.45) is 0.487. The van der Waals surface area contributed by atoms with E-state index in [1.165, 1.54) is 30.0 Å². The van der Waals surface area contributed by atoms with Gasteiger partial charge in [-0.05, 0) is 62.6 Å². The topological polar surface area (TPSA) is 92.8 Å². The number of hydrogen-bond donors (Lipinski definition) is 1. The van der Waals surface area contributed by atoms with Crippen molar-refractivity contribution < 1.29 is 23.9 Å². The maximum atomic E-state index is 12.7. The molecule has 31 heavy (non-hydrogen) atoms. The highest BCUT2D eigenvalue weighted by molar-refractivity contribution is 6.22. The van der Waals surface area contributed by atoms with Crippen molar-refractivity contribution >= 4 is 29.4 Å². The second-order valence-corrected chi connectivity index (χ2v) is 7.59. The number of fused-ring (bicyclic) bond motifs is 1. The Labute approximate surface area is 181 Å². The van der Waals surface area contributed by atoms with Crippen LogP contribution in [0.3, 0.4) is 0 Å². The van der Waals surface area contributed by atoms with Crippen molar-refractivity contribution in [3.63, 3.8) is 0 Å². The number of anilines is 1. The van der Waals surface area contributed by atoms with Crippen LogP contribution in [0.15, 0.2) is 42.5 Å². The van der Waals surface area contributed by atoms with E-state index in [1.54, 1.807) is 19.1 Å². The van der Waals surface area contributed by atoms with Gasteiger partial charge in [0.2, 0.25) is 0 Å². The molecule has 0 unspecified atom stereocenters. The number of imide groups is 1. The van der Waals surface area contributed by atoms with Crippen LogP contribution < -0.4 is 5.32 Å². The lowest BCUT2D eigenvalue weighted by Gasteiger charge is -2.20. The van der Waals surface area contributed by atoms with Gasteiger partial charge in [-0.25, -0.2) is 4.79 Å². The summed E-state index contributed by atoms with van der Waals surface area (Å²) in [5, 5.41) is 2.71. The highest BCUT2D eigenvalue weighted by atomic mass is 16.5. The zero-order valence-electron chi connectivity index (χ0n) is 18.1. The number of rotatable bonds is 7. The molecule has 3 amide bonds. The Morgan fingerprint density at radius 2 is 1.61 bits per heavy atom. The molecule has 0 saturated heterocycles. The first-order chi connectivity index (χ1) is 14.8. The third kappa shape index (κ3) is 4.50. The summed E-state index contributed by atoms with van der Waals surface area (Å²) in [5.74, 6) is -2.00. The van der Waals surface area contributed by atoms with Crippen molar-refractivity contribution in [2.24, 2.45) is 0 Å². The Morgan fingerprint density at radius 1 is 0.968 bits per heavy atom. The molecule has 1 aliphatic heterocycles. The van der Waals surface area contributed by atoms with Gasteiger partial charge in [-0.3, -0.25) is 19.3 Å². The second-order valence-electron chi connectivity index (χ2n) is 7.59. The minimum absolute atomic E-state index is 0.109. The third-order valence-corrected chi connectivity index (χ3v) is 5.47. The number of hydrogen-bond acceptors (Lipinski definition) is 5. The van der Waals surface area contributed by atoms with Crippen LogP contribution in [0.5, 0.6) is 0 Å². The molecule has 0 radical (unpaired) electrons. The molecule has 3 rings (SSSR count). The molecule has 2 atom stereocenters. The molecule has 1 aliphatic rings. The molecular formula is C24H26N2O5. The zero-order chi connectivity index (χ0) is 22.7. The van der Waals surface area contributed by atoms with Crippen molar-refractivity contribution in [1.29, 1.82) is 0 Å².